The van der Waals surface area contributed by atoms with Crippen LogP contribution < -0.4 is 5.32 Å². The van der Waals surface area contributed by atoms with Crippen LogP contribution in [0.2, 0.25) is 0 Å². The van der Waals surface area contributed by atoms with Crippen LogP contribution in [-0.4, -0.2) is 25.0 Å². The number of aryl methyl sites for hydroxylation is 2. The lowest BCUT2D eigenvalue weighted by atomic mass is 10.2. The van der Waals surface area contributed by atoms with E-state index in [1.165, 1.54) is 0 Å². The number of anilines is 1. The highest BCUT2D eigenvalue weighted by Crippen LogP contribution is 2.17. The Kier molecular flexibility index (Phi) is 3.97. The van der Waals surface area contributed by atoms with E-state index in [1.807, 2.05) is 54.2 Å². The van der Waals surface area contributed by atoms with Gasteiger partial charge in [-0.1, -0.05) is 0 Å². The van der Waals surface area contributed by atoms with E-state index in [2.05, 4.69) is 15.3 Å². The number of hydrogen-bond donors (Lipinski definition) is 1. The van der Waals surface area contributed by atoms with Crippen LogP contribution in [0.4, 0.5) is 5.69 Å². The average Bonchev–Trinajstić information content (AvgIpc) is 3.16. The van der Waals surface area contributed by atoms with Crippen LogP contribution in [0.1, 0.15) is 28.8 Å². The molecule has 0 saturated heterocycles. The van der Waals surface area contributed by atoms with E-state index < -0.39 is 0 Å². The van der Waals surface area contributed by atoms with E-state index in [1.54, 1.807) is 18.9 Å². The topological polar surface area (TPSA) is 64.7 Å². The Morgan fingerprint density at radius 2 is 1.87 bits per heavy atom. The minimum Gasteiger partial charge on any atom is -0.337 e. The van der Waals surface area contributed by atoms with Gasteiger partial charge in [-0.25, -0.2) is 9.97 Å². The van der Waals surface area contributed by atoms with Crippen LogP contribution >= 0.6 is 0 Å². The molecule has 6 heteroatoms. The fourth-order valence-electron chi connectivity index (χ4n) is 2.31. The minimum atomic E-state index is -0.209. The van der Waals surface area contributed by atoms with Crippen molar-refractivity contribution in [2.75, 3.05) is 5.32 Å². The summed E-state index contributed by atoms with van der Waals surface area (Å²) < 4.78 is 3.88. The summed E-state index contributed by atoms with van der Waals surface area (Å²) in [6, 6.07) is 7.65. The van der Waals surface area contributed by atoms with Crippen molar-refractivity contribution < 1.29 is 4.79 Å². The zero-order valence-corrected chi connectivity index (χ0v) is 13.4. The van der Waals surface area contributed by atoms with E-state index in [-0.39, 0.29) is 5.91 Å². The number of rotatable bonds is 4. The van der Waals surface area contributed by atoms with Gasteiger partial charge in [0.15, 0.2) is 0 Å². The smallest absolute Gasteiger partial charge is 0.275 e. The average molecular weight is 309 g/mol. The summed E-state index contributed by atoms with van der Waals surface area (Å²) in [4.78, 5) is 20.6. The molecule has 2 heterocycles. The predicted molar refractivity (Wildman–Crippen MR) is 88.9 cm³/mol. The van der Waals surface area contributed by atoms with Crippen molar-refractivity contribution in [3.05, 3.63) is 60.2 Å². The van der Waals surface area contributed by atoms with Crippen molar-refractivity contribution in [3.63, 3.8) is 0 Å². The lowest BCUT2D eigenvalue weighted by Crippen LogP contribution is -2.12. The minimum absolute atomic E-state index is 0.209. The maximum Gasteiger partial charge on any atom is 0.275 e. The second kappa shape index (κ2) is 6.08. The third-order valence-electron chi connectivity index (χ3n) is 3.89. The highest BCUT2D eigenvalue weighted by atomic mass is 16.1. The molecular weight excluding hydrogens is 290 g/mol. The summed E-state index contributed by atoms with van der Waals surface area (Å²) in [5, 5.41) is 2.85. The molecule has 0 radical (unpaired) electrons. The fraction of sp³-hybridized carbons (Fsp3) is 0.235. The van der Waals surface area contributed by atoms with Crippen molar-refractivity contribution in [1.82, 2.24) is 19.1 Å². The quantitative estimate of drug-likeness (QED) is 0.806. The molecule has 6 nitrogen and oxygen atoms in total. The second-order valence-corrected chi connectivity index (χ2v) is 5.38. The first-order chi connectivity index (χ1) is 11.1. The molecule has 1 N–H and O–H groups in total. The van der Waals surface area contributed by atoms with Crippen molar-refractivity contribution in [1.29, 1.82) is 0 Å². The summed E-state index contributed by atoms with van der Waals surface area (Å²) in [7, 11) is 0. The highest BCUT2D eigenvalue weighted by molar-refractivity contribution is 6.02. The molecule has 0 saturated carbocycles. The van der Waals surface area contributed by atoms with Gasteiger partial charge in [0.05, 0.1) is 18.3 Å². The fourth-order valence-corrected chi connectivity index (χ4v) is 2.31. The molecule has 0 spiro atoms. The number of benzene rings is 1. The van der Waals surface area contributed by atoms with Gasteiger partial charge in [-0.15, -0.1) is 0 Å². The van der Waals surface area contributed by atoms with Crippen LogP contribution in [0.25, 0.3) is 5.69 Å². The number of imidazole rings is 2. The molecule has 0 unspecified atom stereocenters. The number of carbonyl (C=O) groups is 1. The van der Waals surface area contributed by atoms with Gasteiger partial charge in [0.1, 0.15) is 5.69 Å². The molecule has 118 valence electrons. The van der Waals surface area contributed by atoms with Gasteiger partial charge in [0, 0.05) is 29.8 Å². The molecule has 1 aromatic carbocycles. The van der Waals surface area contributed by atoms with Gasteiger partial charge >= 0.3 is 0 Å². The summed E-state index contributed by atoms with van der Waals surface area (Å²) in [6.07, 6.45) is 5.19. The van der Waals surface area contributed by atoms with E-state index in [9.17, 15) is 4.79 Å². The second-order valence-electron chi connectivity index (χ2n) is 5.38. The Hall–Kier alpha value is -2.89. The maximum atomic E-state index is 12.2. The first kappa shape index (κ1) is 15.0. The third-order valence-corrected chi connectivity index (χ3v) is 3.89. The Labute approximate surface area is 134 Å². The van der Waals surface area contributed by atoms with Gasteiger partial charge in [0.25, 0.3) is 5.91 Å². The Balaban J connectivity index is 1.74. The summed E-state index contributed by atoms with van der Waals surface area (Å²) in [5.74, 6) is -0.209. The molecule has 0 aliphatic heterocycles. The Bertz CT molecular complexity index is 829. The SMILES string of the molecule is CCn1cnc(C(=O)Nc2ccc(-n3cnc(C)c3C)cc2)c1. The van der Waals surface area contributed by atoms with E-state index in [0.717, 1.165) is 29.3 Å². The van der Waals surface area contributed by atoms with Gasteiger partial charge in [-0.2, -0.15) is 0 Å². The van der Waals surface area contributed by atoms with Gasteiger partial charge in [0.2, 0.25) is 0 Å². The van der Waals surface area contributed by atoms with Gasteiger partial charge < -0.3 is 14.5 Å². The van der Waals surface area contributed by atoms with E-state index in [0.29, 0.717) is 5.69 Å². The van der Waals surface area contributed by atoms with Crippen LogP contribution in [0.3, 0.4) is 0 Å². The van der Waals surface area contributed by atoms with Crippen LogP contribution in [0.5, 0.6) is 0 Å². The zero-order valence-electron chi connectivity index (χ0n) is 13.4. The molecule has 0 fully saturated rings. The summed E-state index contributed by atoms with van der Waals surface area (Å²) >= 11 is 0. The largest absolute Gasteiger partial charge is 0.337 e. The number of hydrogen-bond acceptors (Lipinski definition) is 3. The van der Waals surface area contributed by atoms with Crippen molar-refractivity contribution in [2.24, 2.45) is 0 Å². The molecule has 0 bridgehead atoms. The molecule has 0 aliphatic rings. The molecule has 0 atom stereocenters. The van der Waals surface area contributed by atoms with Gasteiger partial charge in [-0.05, 0) is 45.0 Å². The first-order valence-corrected chi connectivity index (χ1v) is 7.52. The summed E-state index contributed by atoms with van der Waals surface area (Å²) in [6.45, 7) is 6.80. The lowest BCUT2D eigenvalue weighted by Gasteiger charge is -2.08. The van der Waals surface area contributed by atoms with Crippen molar-refractivity contribution >= 4 is 11.6 Å². The summed E-state index contributed by atoms with van der Waals surface area (Å²) in [5.41, 5.74) is 4.27. The van der Waals surface area contributed by atoms with E-state index >= 15 is 0 Å². The number of carbonyl (C=O) groups excluding carboxylic acids is 1. The predicted octanol–water partition coefficient (Wildman–Crippen LogP) is 2.96. The standard InChI is InChI=1S/C17H19N5O/c1-4-21-9-16(19-10-21)17(23)20-14-5-7-15(8-6-14)22-11-18-12(2)13(22)3/h5-11H,4H2,1-3H3,(H,20,23). The lowest BCUT2D eigenvalue weighted by molar-refractivity contribution is 0.102. The molecule has 23 heavy (non-hydrogen) atoms. The Morgan fingerprint density at radius 3 is 2.43 bits per heavy atom. The molecule has 2 aromatic heterocycles. The normalized spacial score (nSPS) is 10.7. The zero-order chi connectivity index (χ0) is 16.4. The molecule has 3 rings (SSSR count). The van der Waals surface area contributed by atoms with E-state index in [4.69, 9.17) is 0 Å². The molecule has 1 amide bonds. The van der Waals surface area contributed by atoms with Crippen molar-refractivity contribution in [3.8, 4) is 5.69 Å². The number of aromatic nitrogens is 4. The molecular formula is C17H19N5O. The number of nitrogens with zero attached hydrogens (tertiary/aromatic N) is 4. The first-order valence-electron chi connectivity index (χ1n) is 7.52. The van der Waals surface area contributed by atoms with Crippen molar-refractivity contribution in [2.45, 2.75) is 27.3 Å². The van der Waals surface area contributed by atoms with Crippen LogP contribution in [0, 0.1) is 13.8 Å². The molecule has 3 aromatic rings. The van der Waals surface area contributed by atoms with Gasteiger partial charge in [-0.3, -0.25) is 4.79 Å². The maximum absolute atomic E-state index is 12.2. The third kappa shape index (κ3) is 3.01. The number of nitrogens with one attached hydrogen (secondary N) is 1. The van der Waals surface area contributed by atoms with Crippen LogP contribution in [-0.2, 0) is 6.54 Å². The Morgan fingerprint density at radius 1 is 1.13 bits per heavy atom. The molecule has 0 aliphatic carbocycles. The number of amides is 1. The van der Waals surface area contributed by atoms with Crippen LogP contribution in [0.15, 0.2) is 43.1 Å². The monoisotopic (exact) mass is 309 g/mol. The highest BCUT2D eigenvalue weighted by Gasteiger charge is 2.10.